The predicted octanol–water partition coefficient (Wildman–Crippen LogP) is 4.37. The first-order chi connectivity index (χ1) is 12.9. The Bertz CT molecular complexity index is 1100. The van der Waals surface area contributed by atoms with E-state index in [9.17, 15) is 18.9 Å². The minimum atomic E-state index is -3.76. The normalized spacial score (nSPS) is 23.0. The fourth-order valence-electron chi connectivity index (χ4n) is 3.22. The molecule has 1 aromatic carbocycles. The van der Waals surface area contributed by atoms with E-state index in [2.05, 4.69) is 0 Å². The highest BCUT2D eigenvalue weighted by atomic mass is 32.2. The zero-order valence-corrected chi connectivity index (χ0v) is 15.9. The van der Waals surface area contributed by atoms with Gasteiger partial charge in [0.2, 0.25) is 9.84 Å². The standard InChI is InChI=1S/C22H18N2O2S/c1-15-7-9-17(10-8-15)21-11-18(19(13-23)14-24)12-22(27(21,25)26)20-6-4-3-5-16(20)2/h3-12,16,20H,1-2H3. The van der Waals surface area contributed by atoms with Crippen LogP contribution in [0, 0.1) is 41.4 Å². The molecule has 3 rings (SSSR count). The number of hydrogen-bond donors (Lipinski definition) is 0. The summed E-state index contributed by atoms with van der Waals surface area (Å²) in [5, 5.41) is 18.6. The Hall–Kier alpha value is -3.15. The van der Waals surface area contributed by atoms with E-state index in [0.29, 0.717) is 11.1 Å². The first-order valence-corrected chi connectivity index (χ1v) is 10.0. The van der Waals surface area contributed by atoms with Gasteiger partial charge in [-0.3, -0.25) is 0 Å². The molecule has 0 fully saturated rings. The molecule has 0 spiro atoms. The number of benzene rings is 1. The average molecular weight is 374 g/mol. The van der Waals surface area contributed by atoms with Crippen LogP contribution in [0.15, 0.2) is 76.8 Å². The van der Waals surface area contributed by atoms with Crippen LogP contribution < -0.4 is 0 Å². The number of aryl methyl sites for hydroxylation is 1. The Kier molecular flexibility index (Phi) is 4.99. The summed E-state index contributed by atoms with van der Waals surface area (Å²) in [4.78, 5) is 0.333. The molecule has 1 aliphatic heterocycles. The predicted molar refractivity (Wildman–Crippen MR) is 105 cm³/mol. The molecular formula is C22H18N2O2S. The first-order valence-electron chi connectivity index (χ1n) is 8.53. The Balaban J connectivity index is 2.26. The topological polar surface area (TPSA) is 81.7 Å². The highest BCUT2D eigenvalue weighted by molar-refractivity contribution is 8.04. The molecule has 0 aromatic heterocycles. The SMILES string of the molecule is Cc1ccc(C2=CC(=C(C#N)C#N)C=C(C3C=CC=CC3C)S2(=O)=O)cc1. The molecule has 4 nitrogen and oxygen atoms in total. The van der Waals surface area contributed by atoms with Gasteiger partial charge in [0, 0.05) is 11.5 Å². The minimum absolute atomic E-state index is 0.0118. The summed E-state index contributed by atoms with van der Waals surface area (Å²) in [6.45, 7) is 3.87. The van der Waals surface area contributed by atoms with Gasteiger partial charge >= 0.3 is 0 Å². The van der Waals surface area contributed by atoms with Crippen LogP contribution in [0.4, 0.5) is 0 Å². The average Bonchev–Trinajstić information content (AvgIpc) is 2.65. The number of hydrogen-bond acceptors (Lipinski definition) is 4. The van der Waals surface area contributed by atoms with Crippen molar-refractivity contribution in [1.29, 1.82) is 10.5 Å². The van der Waals surface area contributed by atoms with Gasteiger partial charge in [-0.05, 0) is 30.6 Å². The lowest BCUT2D eigenvalue weighted by Crippen LogP contribution is -2.22. The molecule has 0 radical (unpaired) electrons. The van der Waals surface area contributed by atoms with Crippen LogP contribution in [0.1, 0.15) is 18.1 Å². The summed E-state index contributed by atoms with van der Waals surface area (Å²) in [6, 6.07) is 10.9. The van der Waals surface area contributed by atoms with Crippen molar-refractivity contribution in [3.63, 3.8) is 0 Å². The van der Waals surface area contributed by atoms with Gasteiger partial charge in [0.1, 0.15) is 17.7 Å². The third-order valence-electron chi connectivity index (χ3n) is 4.77. The molecule has 0 saturated heterocycles. The lowest BCUT2D eigenvalue weighted by Gasteiger charge is -2.27. The maximum atomic E-state index is 13.4. The van der Waals surface area contributed by atoms with Crippen LogP contribution in [0.3, 0.4) is 0 Å². The van der Waals surface area contributed by atoms with Crippen molar-refractivity contribution >= 4 is 14.7 Å². The van der Waals surface area contributed by atoms with Gasteiger partial charge < -0.3 is 0 Å². The van der Waals surface area contributed by atoms with E-state index in [1.807, 2.05) is 62.4 Å². The lowest BCUT2D eigenvalue weighted by molar-refractivity contribution is 0.570. The molecule has 1 aromatic rings. The van der Waals surface area contributed by atoms with E-state index < -0.39 is 9.84 Å². The maximum Gasteiger partial charge on any atom is 0.204 e. The second-order valence-corrected chi connectivity index (χ2v) is 8.55. The van der Waals surface area contributed by atoms with Crippen LogP contribution >= 0.6 is 0 Å². The molecule has 2 aliphatic rings. The van der Waals surface area contributed by atoms with Gasteiger partial charge in [0.05, 0.1) is 9.81 Å². The van der Waals surface area contributed by atoms with Crippen molar-refractivity contribution in [3.05, 3.63) is 87.9 Å². The largest absolute Gasteiger partial charge is 0.219 e. The molecule has 1 heterocycles. The zero-order chi connectivity index (χ0) is 19.6. The Labute approximate surface area is 159 Å². The summed E-state index contributed by atoms with van der Waals surface area (Å²) in [7, 11) is -3.76. The second kappa shape index (κ2) is 7.23. The summed E-state index contributed by atoms with van der Waals surface area (Å²) >= 11 is 0. The van der Waals surface area contributed by atoms with Crippen molar-refractivity contribution < 1.29 is 8.42 Å². The minimum Gasteiger partial charge on any atom is -0.219 e. The molecule has 27 heavy (non-hydrogen) atoms. The van der Waals surface area contributed by atoms with Crippen LogP contribution in [0.2, 0.25) is 0 Å². The number of sulfone groups is 1. The lowest BCUT2D eigenvalue weighted by atomic mass is 9.88. The van der Waals surface area contributed by atoms with Crippen molar-refractivity contribution in [2.75, 3.05) is 0 Å². The van der Waals surface area contributed by atoms with Crippen LogP contribution in [-0.2, 0) is 9.84 Å². The van der Waals surface area contributed by atoms with Gasteiger partial charge in [-0.2, -0.15) is 10.5 Å². The van der Waals surface area contributed by atoms with E-state index >= 15 is 0 Å². The molecule has 2 atom stereocenters. The van der Waals surface area contributed by atoms with Crippen molar-refractivity contribution in [2.45, 2.75) is 13.8 Å². The van der Waals surface area contributed by atoms with Crippen LogP contribution in [0.5, 0.6) is 0 Å². The molecular weight excluding hydrogens is 356 g/mol. The van der Waals surface area contributed by atoms with Gasteiger partial charge in [-0.25, -0.2) is 8.42 Å². The summed E-state index contributed by atoms with van der Waals surface area (Å²) in [6.07, 6.45) is 10.4. The highest BCUT2D eigenvalue weighted by Crippen LogP contribution is 2.41. The Morgan fingerprint density at radius 1 is 1.00 bits per heavy atom. The van der Waals surface area contributed by atoms with E-state index in [4.69, 9.17) is 0 Å². The van der Waals surface area contributed by atoms with Gasteiger partial charge in [0.15, 0.2) is 0 Å². The molecule has 1 aliphatic carbocycles. The highest BCUT2D eigenvalue weighted by Gasteiger charge is 2.35. The molecule has 134 valence electrons. The van der Waals surface area contributed by atoms with Gasteiger partial charge in [0.25, 0.3) is 0 Å². The van der Waals surface area contributed by atoms with Crippen LogP contribution in [-0.4, -0.2) is 8.42 Å². The first kappa shape index (κ1) is 18.6. The fourth-order valence-corrected chi connectivity index (χ4v) is 5.14. The molecule has 0 bridgehead atoms. The molecule has 0 saturated carbocycles. The van der Waals surface area contributed by atoms with Crippen molar-refractivity contribution in [2.24, 2.45) is 11.8 Å². The molecule has 2 unspecified atom stereocenters. The third-order valence-corrected chi connectivity index (χ3v) is 6.71. The van der Waals surface area contributed by atoms with Crippen molar-refractivity contribution in [1.82, 2.24) is 0 Å². The zero-order valence-electron chi connectivity index (χ0n) is 15.0. The fraction of sp³-hybridized carbons (Fsp3) is 0.182. The van der Waals surface area contributed by atoms with E-state index in [1.54, 1.807) is 12.1 Å². The molecule has 0 amide bonds. The second-order valence-electron chi connectivity index (χ2n) is 6.63. The van der Waals surface area contributed by atoms with E-state index in [-0.39, 0.29) is 27.2 Å². The Morgan fingerprint density at radius 3 is 2.22 bits per heavy atom. The monoisotopic (exact) mass is 374 g/mol. The van der Waals surface area contributed by atoms with Crippen LogP contribution in [0.25, 0.3) is 4.91 Å². The molecule has 5 heteroatoms. The smallest absolute Gasteiger partial charge is 0.204 e. The maximum absolute atomic E-state index is 13.4. The number of allylic oxidation sites excluding steroid dienone is 9. The summed E-state index contributed by atoms with van der Waals surface area (Å²) in [5.41, 5.74) is 1.79. The van der Waals surface area contributed by atoms with Gasteiger partial charge in [-0.1, -0.05) is 61.1 Å². The van der Waals surface area contributed by atoms with E-state index in [0.717, 1.165) is 5.56 Å². The quantitative estimate of drug-likeness (QED) is 0.720. The van der Waals surface area contributed by atoms with Gasteiger partial charge in [-0.15, -0.1) is 0 Å². The number of nitrogens with zero attached hydrogens (tertiary/aromatic N) is 2. The van der Waals surface area contributed by atoms with Crippen molar-refractivity contribution in [3.8, 4) is 12.1 Å². The van der Waals surface area contributed by atoms with E-state index in [1.165, 1.54) is 12.2 Å². The number of rotatable bonds is 2. The molecule has 0 N–H and O–H groups in total. The number of nitriles is 2. The summed E-state index contributed by atoms with van der Waals surface area (Å²) in [5.74, 6) is -0.356. The Morgan fingerprint density at radius 2 is 1.63 bits per heavy atom. The summed E-state index contributed by atoms with van der Waals surface area (Å²) < 4.78 is 26.8. The third kappa shape index (κ3) is 3.43.